The Balaban J connectivity index is 1.34. The van der Waals surface area contributed by atoms with E-state index in [9.17, 15) is 9.18 Å². The SMILES string of the molecule is CC(C)C1CCCN1c1ccc(NC(=O)CCc2nc(-c3ccco3)no2)cc1F. The van der Waals surface area contributed by atoms with E-state index in [1.807, 2.05) is 0 Å². The van der Waals surface area contributed by atoms with E-state index in [4.69, 9.17) is 8.94 Å². The number of nitrogens with one attached hydrogen (secondary N) is 1. The summed E-state index contributed by atoms with van der Waals surface area (Å²) in [5.41, 5.74) is 1.03. The maximum absolute atomic E-state index is 14.7. The van der Waals surface area contributed by atoms with Gasteiger partial charge in [0.25, 0.3) is 0 Å². The number of rotatable bonds is 7. The lowest BCUT2D eigenvalue weighted by Crippen LogP contribution is -2.33. The lowest BCUT2D eigenvalue weighted by molar-refractivity contribution is -0.116. The zero-order valence-electron chi connectivity index (χ0n) is 17.1. The van der Waals surface area contributed by atoms with Crippen LogP contribution in [0.5, 0.6) is 0 Å². The van der Waals surface area contributed by atoms with E-state index in [0.29, 0.717) is 40.8 Å². The predicted octanol–water partition coefficient (Wildman–Crippen LogP) is 4.66. The van der Waals surface area contributed by atoms with Gasteiger partial charge in [-0.2, -0.15) is 4.98 Å². The van der Waals surface area contributed by atoms with Crippen LogP contribution in [0.4, 0.5) is 15.8 Å². The second-order valence-corrected chi connectivity index (χ2v) is 7.85. The molecule has 30 heavy (non-hydrogen) atoms. The Morgan fingerprint density at radius 3 is 2.97 bits per heavy atom. The van der Waals surface area contributed by atoms with Crippen LogP contribution >= 0.6 is 0 Å². The number of hydrogen-bond donors (Lipinski definition) is 1. The lowest BCUT2D eigenvalue weighted by Gasteiger charge is -2.30. The van der Waals surface area contributed by atoms with Crippen LogP contribution in [0.3, 0.4) is 0 Å². The highest BCUT2D eigenvalue weighted by Gasteiger charge is 2.29. The summed E-state index contributed by atoms with van der Waals surface area (Å²) in [6, 6.07) is 8.68. The first-order valence-corrected chi connectivity index (χ1v) is 10.2. The van der Waals surface area contributed by atoms with Crippen molar-refractivity contribution < 1.29 is 18.1 Å². The number of halogens is 1. The van der Waals surface area contributed by atoms with Crippen molar-refractivity contribution in [3.05, 3.63) is 48.3 Å². The Hall–Kier alpha value is -3.16. The van der Waals surface area contributed by atoms with Crippen molar-refractivity contribution in [3.63, 3.8) is 0 Å². The van der Waals surface area contributed by atoms with Crippen molar-refractivity contribution in [2.45, 2.75) is 45.6 Å². The summed E-state index contributed by atoms with van der Waals surface area (Å²) >= 11 is 0. The zero-order valence-corrected chi connectivity index (χ0v) is 17.1. The van der Waals surface area contributed by atoms with Crippen LogP contribution in [-0.2, 0) is 11.2 Å². The molecule has 0 bridgehead atoms. The minimum atomic E-state index is -0.319. The third-order valence-electron chi connectivity index (χ3n) is 5.39. The first kappa shape index (κ1) is 20.1. The smallest absolute Gasteiger partial charge is 0.238 e. The second-order valence-electron chi connectivity index (χ2n) is 7.85. The molecule has 2 aromatic heterocycles. The molecule has 1 saturated heterocycles. The van der Waals surface area contributed by atoms with Gasteiger partial charge in [0.05, 0.1) is 12.0 Å². The van der Waals surface area contributed by atoms with Gasteiger partial charge in [0.15, 0.2) is 5.76 Å². The number of benzene rings is 1. The molecule has 1 aliphatic heterocycles. The van der Waals surface area contributed by atoms with Crippen molar-refractivity contribution in [2.75, 3.05) is 16.8 Å². The number of carbonyl (C=O) groups is 1. The molecule has 1 aliphatic rings. The maximum atomic E-state index is 14.7. The van der Waals surface area contributed by atoms with Crippen LogP contribution in [0.2, 0.25) is 0 Å². The Bertz CT molecular complexity index is 1000. The van der Waals surface area contributed by atoms with Gasteiger partial charge in [0.2, 0.25) is 17.6 Å². The van der Waals surface area contributed by atoms with Gasteiger partial charge in [-0.3, -0.25) is 4.79 Å². The molecular weight excluding hydrogens is 387 g/mol. The minimum absolute atomic E-state index is 0.144. The highest BCUT2D eigenvalue weighted by Crippen LogP contribution is 2.32. The molecule has 1 amide bonds. The van der Waals surface area contributed by atoms with Gasteiger partial charge < -0.3 is 19.2 Å². The Morgan fingerprint density at radius 2 is 2.23 bits per heavy atom. The molecule has 1 N–H and O–H groups in total. The summed E-state index contributed by atoms with van der Waals surface area (Å²) in [6.07, 6.45) is 4.09. The van der Waals surface area contributed by atoms with Crippen molar-refractivity contribution in [3.8, 4) is 11.6 Å². The van der Waals surface area contributed by atoms with Crippen LogP contribution in [0.15, 0.2) is 45.5 Å². The second kappa shape index (κ2) is 8.69. The molecule has 1 aromatic carbocycles. The molecule has 1 unspecified atom stereocenters. The Morgan fingerprint density at radius 1 is 1.37 bits per heavy atom. The summed E-state index contributed by atoms with van der Waals surface area (Å²) in [5.74, 6) is 1.08. The number of carbonyl (C=O) groups excluding carboxylic acids is 1. The minimum Gasteiger partial charge on any atom is -0.461 e. The third-order valence-corrected chi connectivity index (χ3v) is 5.39. The highest BCUT2D eigenvalue weighted by molar-refractivity contribution is 5.91. The molecule has 3 aromatic rings. The molecule has 0 aliphatic carbocycles. The fraction of sp³-hybridized carbons (Fsp3) is 0.409. The monoisotopic (exact) mass is 412 g/mol. The average molecular weight is 412 g/mol. The molecule has 0 radical (unpaired) electrons. The molecular formula is C22H25FN4O3. The van der Waals surface area contributed by atoms with Crippen LogP contribution < -0.4 is 10.2 Å². The van der Waals surface area contributed by atoms with E-state index in [0.717, 1.165) is 19.4 Å². The third kappa shape index (κ3) is 4.37. The summed E-state index contributed by atoms with van der Waals surface area (Å²) in [5, 5.41) is 6.57. The highest BCUT2D eigenvalue weighted by atomic mass is 19.1. The Kier molecular flexibility index (Phi) is 5.83. The van der Waals surface area contributed by atoms with Gasteiger partial charge in [-0.1, -0.05) is 19.0 Å². The van der Waals surface area contributed by atoms with Crippen molar-refractivity contribution in [1.82, 2.24) is 10.1 Å². The molecule has 8 heteroatoms. The van der Waals surface area contributed by atoms with Crippen LogP contribution in [0.25, 0.3) is 11.6 Å². The van der Waals surface area contributed by atoms with Gasteiger partial charge >= 0.3 is 0 Å². The van der Waals surface area contributed by atoms with Gasteiger partial charge in [-0.15, -0.1) is 0 Å². The predicted molar refractivity (Wildman–Crippen MR) is 111 cm³/mol. The fourth-order valence-electron chi connectivity index (χ4n) is 3.91. The van der Waals surface area contributed by atoms with E-state index < -0.39 is 0 Å². The number of nitrogens with zero attached hydrogens (tertiary/aromatic N) is 3. The normalized spacial score (nSPS) is 16.4. The van der Waals surface area contributed by atoms with E-state index >= 15 is 0 Å². The summed E-state index contributed by atoms with van der Waals surface area (Å²) in [7, 11) is 0. The van der Waals surface area contributed by atoms with Gasteiger partial charge in [0, 0.05) is 31.1 Å². The first-order chi connectivity index (χ1) is 14.5. The van der Waals surface area contributed by atoms with Crippen molar-refractivity contribution in [1.29, 1.82) is 0 Å². The summed E-state index contributed by atoms with van der Waals surface area (Å²) in [6.45, 7) is 5.18. The number of hydrogen-bond acceptors (Lipinski definition) is 6. The van der Waals surface area contributed by atoms with Gasteiger partial charge in [0.1, 0.15) is 5.82 Å². The number of anilines is 2. The van der Waals surface area contributed by atoms with Crippen LogP contribution in [0.1, 0.15) is 39.0 Å². The molecule has 0 spiro atoms. The maximum Gasteiger partial charge on any atom is 0.238 e. The molecule has 1 fully saturated rings. The topological polar surface area (TPSA) is 84.4 Å². The molecule has 158 valence electrons. The fourth-order valence-corrected chi connectivity index (χ4v) is 3.91. The lowest BCUT2D eigenvalue weighted by atomic mass is 10.0. The number of amides is 1. The quantitative estimate of drug-likeness (QED) is 0.607. The number of aryl methyl sites for hydroxylation is 1. The van der Waals surface area contributed by atoms with Crippen LogP contribution in [0, 0.1) is 11.7 Å². The standard InChI is InChI=1S/C22H25FN4O3/c1-14(2)17-5-3-11-27(17)18-8-7-15(13-16(18)23)24-20(28)9-10-21-25-22(26-30-21)19-6-4-12-29-19/h4,6-8,12-14,17H,3,5,9-11H2,1-2H3,(H,24,28). The molecule has 7 nitrogen and oxygen atoms in total. The average Bonchev–Trinajstić information content (AvgIpc) is 3.47. The summed E-state index contributed by atoms with van der Waals surface area (Å²) < 4.78 is 25.1. The van der Waals surface area contributed by atoms with Crippen molar-refractivity contribution >= 4 is 17.3 Å². The number of aromatic nitrogens is 2. The van der Waals surface area contributed by atoms with Crippen LogP contribution in [-0.4, -0.2) is 28.6 Å². The van der Waals surface area contributed by atoms with E-state index in [2.05, 4.69) is 34.2 Å². The molecule has 0 saturated carbocycles. The van der Waals surface area contributed by atoms with Gasteiger partial charge in [-0.05, 0) is 49.1 Å². The number of furan rings is 1. The molecule has 3 heterocycles. The largest absolute Gasteiger partial charge is 0.461 e. The Labute approximate surface area is 174 Å². The van der Waals surface area contributed by atoms with Crippen molar-refractivity contribution in [2.24, 2.45) is 5.92 Å². The van der Waals surface area contributed by atoms with E-state index in [1.165, 1.54) is 12.3 Å². The summed E-state index contributed by atoms with van der Waals surface area (Å²) in [4.78, 5) is 18.6. The molecule has 4 rings (SSSR count). The van der Waals surface area contributed by atoms with E-state index in [1.54, 1.807) is 24.3 Å². The van der Waals surface area contributed by atoms with E-state index in [-0.39, 0.29) is 24.6 Å². The molecule has 1 atom stereocenters. The van der Waals surface area contributed by atoms with Gasteiger partial charge in [-0.25, -0.2) is 4.39 Å². The first-order valence-electron chi connectivity index (χ1n) is 10.2. The zero-order chi connectivity index (χ0) is 21.1.